The van der Waals surface area contributed by atoms with Gasteiger partial charge in [0, 0.05) is 0 Å². The second kappa shape index (κ2) is 7.22. The van der Waals surface area contributed by atoms with Gasteiger partial charge in [0.1, 0.15) is 4.47 Å². The molecule has 4 nitrogen and oxygen atoms in total. The fourth-order valence-electron chi connectivity index (χ4n) is 2.11. The lowest BCUT2D eigenvalue weighted by Crippen LogP contribution is -2.24. The number of anilines is 1. The van der Waals surface area contributed by atoms with Crippen molar-refractivity contribution < 1.29 is 0 Å². The Balaban J connectivity index is 2.28. The first-order valence-electron chi connectivity index (χ1n) is 6.85. The van der Waals surface area contributed by atoms with Gasteiger partial charge < -0.3 is 5.32 Å². The van der Waals surface area contributed by atoms with Crippen LogP contribution in [0.2, 0.25) is 0 Å². The number of aromatic nitrogens is 2. The van der Waals surface area contributed by atoms with E-state index in [-0.39, 0.29) is 11.6 Å². The number of nitrogens with zero attached hydrogens (tertiary/aromatic N) is 2. The molecule has 0 saturated carbocycles. The van der Waals surface area contributed by atoms with Crippen molar-refractivity contribution in [1.82, 2.24) is 9.78 Å². The van der Waals surface area contributed by atoms with Gasteiger partial charge >= 0.3 is 0 Å². The topological polar surface area (TPSA) is 46.9 Å². The van der Waals surface area contributed by atoms with Gasteiger partial charge in [-0.15, -0.1) is 6.58 Å². The monoisotopic (exact) mass is 347 g/mol. The van der Waals surface area contributed by atoms with Gasteiger partial charge in [-0.25, -0.2) is 4.68 Å². The van der Waals surface area contributed by atoms with E-state index in [4.69, 9.17) is 0 Å². The molecule has 0 aliphatic rings. The second-order valence-corrected chi connectivity index (χ2v) is 5.46. The predicted octanol–water partition coefficient (Wildman–Crippen LogP) is 3.76. The molecular formula is C16H18BrN3O. The van der Waals surface area contributed by atoms with Gasteiger partial charge in [-0.2, -0.15) is 5.10 Å². The highest BCUT2D eigenvalue weighted by Gasteiger charge is 2.13. The van der Waals surface area contributed by atoms with Gasteiger partial charge in [-0.05, 0) is 27.9 Å². The van der Waals surface area contributed by atoms with Crippen molar-refractivity contribution in [2.24, 2.45) is 0 Å². The normalized spacial score (nSPS) is 11.9. The molecule has 1 unspecified atom stereocenters. The van der Waals surface area contributed by atoms with Crippen LogP contribution in [0.15, 0.2) is 58.5 Å². The van der Waals surface area contributed by atoms with Crippen molar-refractivity contribution in [2.75, 3.05) is 5.32 Å². The number of allylic oxidation sites excluding steroid dienone is 1. The molecule has 0 amide bonds. The van der Waals surface area contributed by atoms with Gasteiger partial charge in [0.15, 0.2) is 0 Å². The van der Waals surface area contributed by atoms with E-state index in [0.29, 0.717) is 16.7 Å². The van der Waals surface area contributed by atoms with Gasteiger partial charge in [0.2, 0.25) is 0 Å². The average molecular weight is 348 g/mol. The summed E-state index contributed by atoms with van der Waals surface area (Å²) in [5.74, 6) is 0. The van der Waals surface area contributed by atoms with E-state index >= 15 is 0 Å². The van der Waals surface area contributed by atoms with E-state index in [0.717, 1.165) is 6.42 Å². The number of halogens is 1. The van der Waals surface area contributed by atoms with Gasteiger partial charge in [-0.1, -0.05) is 43.3 Å². The zero-order valence-corrected chi connectivity index (χ0v) is 13.5. The summed E-state index contributed by atoms with van der Waals surface area (Å²) in [6, 6.07) is 10.3. The third-order valence-electron chi connectivity index (χ3n) is 3.23. The van der Waals surface area contributed by atoms with E-state index in [9.17, 15) is 4.79 Å². The SMILES string of the molecule is C=CCn1ncc(NC(CC)c2ccccc2)c(Br)c1=O. The maximum atomic E-state index is 12.2. The van der Waals surface area contributed by atoms with Crippen LogP contribution in [-0.4, -0.2) is 9.78 Å². The Labute approximate surface area is 132 Å². The van der Waals surface area contributed by atoms with Crippen LogP contribution in [0.1, 0.15) is 24.9 Å². The molecule has 0 saturated heterocycles. The second-order valence-electron chi connectivity index (χ2n) is 4.66. The summed E-state index contributed by atoms with van der Waals surface area (Å²) in [6.07, 6.45) is 4.22. The quantitative estimate of drug-likeness (QED) is 0.809. The Hall–Kier alpha value is -1.88. The molecule has 2 aromatic rings. The number of rotatable bonds is 6. The fraction of sp³-hybridized carbons (Fsp3) is 0.250. The summed E-state index contributed by atoms with van der Waals surface area (Å²) in [7, 11) is 0. The summed E-state index contributed by atoms with van der Waals surface area (Å²) >= 11 is 3.36. The average Bonchev–Trinajstić information content (AvgIpc) is 2.52. The Kier molecular flexibility index (Phi) is 5.33. The van der Waals surface area contributed by atoms with E-state index in [1.165, 1.54) is 10.2 Å². The van der Waals surface area contributed by atoms with Gasteiger partial charge in [0.25, 0.3) is 5.56 Å². The smallest absolute Gasteiger partial charge is 0.283 e. The number of hydrogen-bond acceptors (Lipinski definition) is 3. The van der Waals surface area contributed by atoms with Crippen LogP contribution in [0.4, 0.5) is 5.69 Å². The molecule has 2 rings (SSSR count). The zero-order chi connectivity index (χ0) is 15.2. The standard InChI is InChI=1S/C16H18BrN3O/c1-3-10-20-16(21)15(17)14(11-18-20)19-13(4-2)12-8-6-5-7-9-12/h3,5-9,11,13,19H,1,4,10H2,2H3. The van der Waals surface area contributed by atoms with E-state index in [1.54, 1.807) is 12.3 Å². The van der Waals surface area contributed by atoms with Crippen LogP contribution in [0.5, 0.6) is 0 Å². The van der Waals surface area contributed by atoms with Crippen molar-refractivity contribution in [3.63, 3.8) is 0 Å². The molecule has 21 heavy (non-hydrogen) atoms. The van der Waals surface area contributed by atoms with E-state index < -0.39 is 0 Å². The van der Waals surface area contributed by atoms with Crippen molar-refractivity contribution in [2.45, 2.75) is 25.9 Å². The van der Waals surface area contributed by atoms with Crippen LogP contribution in [0.3, 0.4) is 0 Å². The molecular weight excluding hydrogens is 330 g/mol. The first-order valence-corrected chi connectivity index (χ1v) is 7.64. The largest absolute Gasteiger partial charge is 0.376 e. The molecule has 0 radical (unpaired) electrons. The number of hydrogen-bond donors (Lipinski definition) is 1. The zero-order valence-electron chi connectivity index (χ0n) is 11.9. The molecule has 1 N–H and O–H groups in total. The van der Waals surface area contributed by atoms with Crippen LogP contribution in [0.25, 0.3) is 0 Å². The molecule has 0 bridgehead atoms. The summed E-state index contributed by atoms with van der Waals surface area (Å²) < 4.78 is 1.86. The third-order valence-corrected chi connectivity index (χ3v) is 3.99. The van der Waals surface area contributed by atoms with Crippen LogP contribution < -0.4 is 10.9 Å². The first kappa shape index (κ1) is 15.5. The summed E-state index contributed by atoms with van der Waals surface area (Å²) in [6.45, 7) is 6.12. The van der Waals surface area contributed by atoms with Crippen molar-refractivity contribution >= 4 is 21.6 Å². The van der Waals surface area contributed by atoms with Crippen LogP contribution in [0, 0.1) is 0 Å². The third kappa shape index (κ3) is 3.61. The molecule has 110 valence electrons. The summed E-state index contributed by atoms with van der Waals surface area (Å²) in [4.78, 5) is 12.2. The maximum Gasteiger partial charge on any atom is 0.283 e. The summed E-state index contributed by atoms with van der Waals surface area (Å²) in [5.41, 5.74) is 1.72. The summed E-state index contributed by atoms with van der Waals surface area (Å²) in [5, 5.41) is 7.53. The number of benzene rings is 1. The van der Waals surface area contributed by atoms with Gasteiger partial charge in [0.05, 0.1) is 24.5 Å². The molecule has 1 heterocycles. The van der Waals surface area contributed by atoms with E-state index in [1.807, 2.05) is 18.2 Å². The lowest BCUT2D eigenvalue weighted by Gasteiger charge is -2.19. The maximum absolute atomic E-state index is 12.2. The van der Waals surface area contributed by atoms with Crippen molar-refractivity contribution in [3.8, 4) is 0 Å². The first-order chi connectivity index (χ1) is 10.2. The lowest BCUT2D eigenvalue weighted by atomic mass is 10.0. The molecule has 0 fully saturated rings. The van der Waals surface area contributed by atoms with E-state index in [2.05, 4.69) is 52.0 Å². The Morgan fingerprint density at radius 3 is 2.76 bits per heavy atom. The molecule has 1 atom stereocenters. The van der Waals surface area contributed by atoms with Crippen LogP contribution >= 0.6 is 15.9 Å². The minimum absolute atomic E-state index is 0.138. The minimum atomic E-state index is -0.164. The predicted molar refractivity (Wildman–Crippen MR) is 89.5 cm³/mol. The Bertz CT molecular complexity index is 667. The molecule has 0 spiro atoms. The highest BCUT2D eigenvalue weighted by atomic mass is 79.9. The Morgan fingerprint density at radius 2 is 2.14 bits per heavy atom. The number of nitrogens with one attached hydrogen (secondary N) is 1. The molecule has 5 heteroatoms. The minimum Gasteiger partial charge on any atom is -0.376 e. The van der Waals surface area contributed by atoms with Crippen LogP contribution in [-0.2, 0) is 6.54 Å². The highest BCUT2D eigenvalue weighted by molar-refractivity contribution is 9.10. The fourth-order valence-corrected chi connectivity index (χ4v) is 2.53. The molecule has 1 aromatic heterocycles. The molecule has 0 aliphatic heterocycles. The Morgan fingerprint density at radius 1 is 1.43 bits per heavy atom. The molecule has 0 aliphatic carbocycles. The molecule has 1 aromatic carbocycles. The lowest BCUT2D eigenvalue weighted by molar-refractivity contribution is 0.646. The van der Waals surface area contributed by atoms with Gasteiger partial charge in [-0.3, -0.25) is 4.79 Å². The van der Waals surface area contributed by atoms with Crippen molar-refractivity contribution in [1.29, 1.82) is 0 Å². The van der Waals surface area contributed by atoms with Crippen molar-refractivity contribution in [3.05, 3.63) is 69.6 Å². The highest BCUT2D eigenvalue weighted by Crippen LogP contribution is 2.25.